The first-order chi connectivity index (χ1) is 12.4. The van der Waals surface area contributed by atoms with Gasteiger partial charge in [0, 0.05) is 31.6 Å². The second-order valence-corrected chi connectivity index (χ2v) is 7.29. The number of rotatable bonds is 4. The number of amides is 1. The summed E-state index contributed by atoms with van der Waals surface area (Å²) in [6, 6.07) is 6.64. The zero-order valence-electron chi connectivity index (χ0n) is 14.4. The van der Waals surface area contributed by atoms with E-state index < -0.39 is 0 Å². The molecule has 1 aromatic heterocycles. The molecule has 2 N–H and O–H groups in total. The number of hydrogen-bond donors (Lipinski definition) is 2. The molecule has 0 bridgehead atoms. The number of carbonyl (C=O) groups is 1. The van der Waals surface area contributed by atoms with E-state index >= 15 is 0 Å². The lowest BCUT2D eigenvalue weighted by molar-refractivity contribution is -0.119. The summed E-state index contributed by atoms with van der Waals surface area (Å²) in [5, 5.41) is 22.2. The number of benzene rings is 1. The van der Waals surface area contributed by atoms with Crippen LogP contribution in [0.5, 0.6) is 5.75 Å². The van der Waals surface area contributed by atoms with Gasteiger partial charge in [-0.2, -0.15) is 0 Å². The minimum absolute atomic E-state index is 0.00841. The number of carbonyl (C=O) groups excluding carboxylic acids is 1. The monoisotopic (exact) mass is 394 g/mol. The van der Waals surface area contributed by atoms with E-state index in [0.717, 1.165) is 31.7 Å². The lowest BCUT2D eigenvalue weighted by Crippen LogP contribution is -2.41. The molecule has 1 aromatic carbocycles. The summed E-state index contributed by atoms with van der Waals surface area (Å²) in [6.45, 7) is 3.92. The van der Waals surface area contributed by atoms with Crippen LogP contribution in [0.1, 0.15) is 19.8 Å². The summed E-state index contributed by atoms with van der Waals surface area (Å²) in [4.78, 5) is 13.3. The molecule has 8 heteroatoms. The molecular weight excluding hydrogens is 375 g/mol. The maximum Gasteiger partial charge on any atom is 0.216 e. The van der Waals surface area contributed by atoms with Crippen LogP contribution in [-0.2, 0) is 4.79 Å². The fraction of sp³-hybridized carbons (Fsp3) is 0.389. The van der Waals surface area contributed by atoms with Crippen molar-refractivity contribution in [2.75, 3.05) is 24.5 Å². The maximum absolute atomic E-state index is 11.1. The number of hydrogen-bond acceptors (Lipinski definition) is 5. The minimum atomic E-state index is -0.0297. The van der Waals surface area contributed by atoms with E-state index in [-0.39, 0.29) is 11.7 Å². The van der Waals surface area contributed by atoms with E-state index in [0.29, 0.717) is 33.8 Å². The number of phenolic OH excluding ortho intramolecular Hbond substituents is 1. The molecule has 3 rings (SSSR count). The van der Waals surface area contributed by atoms with Crippen molar-refractivity contribution in [2.45, 2.75) is 19.8 Å². The molecule has 0 unspecified atom stereocenters. The van der Waals surface area contributed by atoms with Crippen LogP contribution in [0.2, 0.25) is 10.0 Å². The molecule has 2 aromatic rings. The second kappa shape index (κ2) is 8.10. The average molecular weight is 395 g/mol. The molecule has 0 spiro atoms. The van der Waals surface area contributed by atoms with Crippen molar-refractivity contribution in [1.29, 1.82) is 0 Å². The molecule has 0 aliphatic carbocycles. The molecule has 1 saturated heterocycles. The molecule has 0 saturated carbocycles. The predicted octanol–water partition coefficient (Wildman–Crippen LogP) is 3.51. The molecule has 6 nitrogen and oxygen atoms in total. The highest BCUT2D eigenvalue weighted by atomic mass is 35.5. The van der Waals surface area contributed by atoms with Gasteiger partial charge < -0.3 is 15.3 Å². The Balaban J connectivity index is 1.74. The van der Waals surface area contributed by atoms with Crippen LogP contribution in [0, 0.1) is 5.92 Å². The second-order valence-electron chi connectivity index (χ2n) is 6.45. The molecule has 1 aliphatic heterocycles. The van der Waals surface area contributed by atoms with Crippen LogP contribution in [0.4, 0.5) is 5.82 Å². The molecule has 1 atom stereocenters. The van der Waals surface area contributed by atoms with Gasteiger partial charge in [0.15, 0.2) is 5.82 Å². The van der Waals surface area contributed by atoms with Crippen LogP contribution in [0.25, 0.3) is 11.3 Å². The molecule has 0 radical (unpaired) electrons. The first-order valence-electron chi connectivity index (χ1n) is 8.45. The van der Waals surface area contributed by atoms with Gasteiger partial charge in [0.2, 0.25) is 5.91 Å². The van der Waals surface area contributed by atoms with Crippen molar-refractivity contribution < 1.29 is 9.90 Å². The van der Waals surface area contributed by atoms with Crippen LogP contribution >= 0.6 is 23.2 Å². The number of phenols is 1. The summed E-state index contributed by atoms with van der Waals surface area (Å²) in [6.07, 6.45) is 2.12. The quantitative estimate of drug-likeness (QED) is 0.829. The van der Waals surface area contributed by atoms with Crippen molar-refractivity contribution in [3.8, 4) is 17.0 Å². The van der Waals surface area contributed by atoms with Gasteiger partial charge in [0.1, 0.15) is 5.75 Å². The molecule has 1 amide bonds. The highest BCUT2D eigenvalue weighted by Gasteiger charge is 2.22. The van der Waals surface area contributed by atoms with Crippen molar-refractivity contribution in [3.63, 3.8) is 0 Å². The largest absolute Gasteiger partial charge is 0.507 e. The van der Waals surface area contributed by atoms with E-state index in [1.54, 1.807) is 12.1 Å². The van der Waals surface area contributed by atoms with Gasteiger partial charge >= 0.3 is 0 Å². The molecule has 1 aliphatic rings. The van der Waals surface area contributed by atoms with E-state index in [9.17, 15) is 9.90 Å². The highest BCUT2D eigenvalue weighted by molar-refractivity contribution is 6.36. The van der Waals surface area contributed by atoms with E-state index in [2.05, 4.69) is 20.4 Å². The third-order valence-electron chi connectivity index (χ3n) is 4.42. The third-order valence-corrected chi connectivity index (χ3v) is 4.94. The van der Waals surface area contributed by atoms with Gasteiger partial charge in [-0.3, -0.25) is 4.79 Å². The van der Waals surface area contributed by atoms with Crippen molar-refractivity contribution in [1.82, 2.24) is 15.5 Å². The molecule has 138 valence electrons. The predicted molar refractivity (Wildman–Crippen MR) is 103 cm³/mol. The van der Waals surface area contributed by atoms with Crippen LogP contribution in [0.3, 0.4) is 0 Å². The first-order valence-corrected chi connectivity index (χ1v) is 9.21. The average Bonchev–Trinajstić information content (AvgIpc) is 2.60. The Labute approximate surface area is 162 Å². The highest BCUT2D eigenvalue weighted by Crippen LogP contribution is 2.37. The molecular formula is C18H20Cl2N4O2. The van der Waals surface area contributed by atoms with Gasteiger partial charge in [0.25, 0.3) is 0 Å². The molecule has 2 heterocycles. The fourth-order valence-electron chi connectivity index (χ4n) is 3.17. The number of aromatic hydroxyl groups is 1. The summed E-state index contributed by atoms with van der Waals surface area (Å²) >= 11 is 12.1. The third kappa shape index (κ3) is 4.37. The van der Waals surface area contributed by atoms with Gasteiger partial charge in [0.05, 0.1) is 16.3 Å². The van der Waals surface area contributed by atoms with Crippen molar-refractivity contribution in [2.24, 2.45) is 5.92 Å². The van der Waals surface area contributed by atoms with Crippen molar-refractivity contribution >= 4 is 34.9 Å². The number of aromatic nitrogens is 2. The van der Waals surface area contributed by atoms with Gasteiger partial charge in [-0.15, -0.1) is 10.2 Å². The fourth-order valence-corrected chi connectivity index (χ4v) is 3.75. The smallest absolute Gasteiger partial charge is 0.216 e. The Morgan fingerprint density at radius 2 is 2.15 bits per heavy atom. The van der Waals surface area contributed by atoms with Crippen molar-refractivity contribution in [3.05, 3.63) is 34.3 Å². The lowest BCUT2D eigenvalue weighted by Gasteiger charge is -2.33. The van der Waals surface area contributed by atoms with Crippen LogP contribution < -0.4 is 10.2 Å². The van der Waals surface area contributed by atoms with E-state index in [1.807, 2.05) is 6.07 Å². The van der Waals surface area contributed by atoms with Gasteiger partial charge in [-0.1, -0.05) is 23.2 Å². The van der Waals surface area contributed by atoms with E-state index in [1.165, 1.54) is 13.0 Å². The number of anilines is 1. The topological polar surface area (TPSA) is 78.4 Å². The Hall–Kier alpha value is -2.05. The Kier molecular flexibility index (Phi) is 5.84. The van der Waals surface area contributed by atoms with Crippen LogP contribution in [-0.4, -0.2) is 40.8 Å². The summed E-state index contributed by atoms with van der Waals surface area (Å²) in [5.41, 5.74) is 0.900. The zero-order valence-corrected chi connectivity index (χ0v) is 15.9. The van der Waals surface area contributed by atoms with Gasteiger partial charge in [-0.05, 0) is 43.0 Å². The summed E-state index contributed by atoms with van der Waals surface area (Å²) in [7, 11) is 0. The SMILES string of the molecule is CC(=O)NC[C@@H]1CCCN(c2ccc(-c3c(O)cc(Cl)cc3Cl)nn2)C1. The number of nitrogens with one attached hydrogen (secondary N) is 1. The molecule has 1 fully saturated rings. The zero-order chi connectivity index (χ0) is 18.7. The van der Waals surface area contributed by atoms with E-state index in [4.69, 9.17) is 23.2 Å². The minimum Gasteiger partial charge on any atom is -0.507 e. The Bertz CT molecular complexity index is 775. The number of halogens is 2. The van der Waals surface area contributed by atoms with Crippen LogP contribution in [0.15, 0.2) is 24.3 Å². The lowest BCUT2D eigenvalue weighted by atomic mass is 9.98. The maximum atomic E-state index is 11.1. The Morgan fingerprint density at radius 1 is 1.35 bits per heavy atom. The normalized spacial score (nSPS) is 17.2. The summed E-state index contributed by atoms with van der Waals surface area (Å²) in [5.74, 6) is 1.12. The summed E-state index contributed by atoms with van der Waals surface area (Å²) < 4.78 is 0. The molecule has 26 heavy (non-hydrogen) atoms. The number of piperidine rings is 1. The first kappa shape index (κ1) is 18.7. The van der Waals surface area contributed by atoms with Gasteiger partial charge in [-0.25, -0.2) is 0 Å². The number of nitrogens with zero attached hydrogens (tertiary/aromatic N) is 3. The Morgan fingerprint density at radius 3 is 2.81 bits per heavy atom. The standard InChI is InChI=1S/C18H20Cl2N4O2/c1-11(25)21-9-12-3-2-6-24(10-12)17-5-4-15(22-23-17)18-14(20)7-13(19)8-16(18)26/h4-5,7-8,12,26H,2-3,6,9-10H2,1H3,(H,21,25)/t12-/m0/s1.